The average molecular weight is 357 g/mol. The van der Waals surface area contributed by atoms with Crippen LogP contribution < -0.4 is 4.90 Å². The van der Waals surface area contributed by atoms with Crippen LogP contribution in [-0.4, -0.2) is 17.3 Å². The van der Waals surface area contributed by atoms with Crippen molar-refractivity contribution in [3.05, 3.63) is 59.1 Å². The molecule has 4 nitrogen and oxygen atoms in total. The van der Waals surface area contributed by atoms with Crippen molar-refractivity contribution in [1.82, 2.24) is 0 Å². The fourth-order valence-corrected chi connectivity index (χ4v) is 3.21. The fraction of sp³-hybridized carbons (Fsp3) is 0.133. The Kier molecular flexibility index (Phi) is 5.11. The summed E-state index contributed by atoms with van der Waals surface area (Å²) in [5, 5.41) is 0.558. The van der Waals surface area contributed by atoms with E-state index in [2.05, 4.69) is 4.36 Å². The molecule has 2 aromatic carbocycles. The lowest BCUT2D eigenvalue weighted by atomic mass is 10.2. The molecule has 7 heteroatoms. The minimum atomic E-state index is -3.31. The van der Waals surface area contributed by atoms with Gasteiger partial charge in [-0.1, -0.05) is 29.3 Å². The lowest BCUT2D eigenvalue weighted by Gasteiger charge is -2.14. The van der Waals surface area contributed by atoms with Crippen LogP contribution in [0.1, 0.15) is 5.56 Å². The summed E-state index contributed by atoms with van der Waals surface area (Å²) in [6, 6.07) is 12.7. The minimum Gasteiger partial charge on any atom is -0.295 e. The Morgan fingerprint density at radius 1 is 1.09 bits per heavy atom. The summed E-state index contributed by atoms with van der Waals surface area (Å²) >= 11 is 5.80. The van der Waals surface area contributed by atoms with Gasteiger partial charge in [0, 0.05) is 28.4 Å². The van der Waals surface area contributed by atoms with Crippen LogP contribution in [0.15, 0.2) is 57.8 Å². The van der Waals surface area contributed by atoms with Gasteiger partial charge in [0.25, 0.3) is 0 Å². The molecular formula is C15H14Cl2N2O2S. The molecule has 2 aromatic rings. The molecule has 0 heterocycles. The largest absolute Gasteiger partial charge is 0.357 e. The molecule has 1 unspecified atom stereocenters. The maximum atomic E-state index is 12.4. The van der Waals surface area contributed by atoms with Crippen molar-refractivity contribution in [2.24, 2.45) is 4.36 Å². The third-order valence-corrected chi connectivity index (χ3v) is 5.25. The molecule has 0 aromatic heterocycles. The summed E-state index contributed by atoms with van der Waals surface area (Å²) in [5.74, 6) is 0. The summed E-state index contributed by atoms with van der Waals surface area (Å²) in [5.41, 5.74) is 1.58. The summed E-state index contributed by atoms with van der Waals surface area (Å²) in [7, 11) is 4.18. The number of carbonyl (C=O) groups excluding carboxylic acids is 1. The van der Waals surface area contributed by atoms with E-state index in [1.54, 1.807) is 48.5 Å². The van der Waals surface area contributed by atoms with E-state index in [9.17, 15) is 9.00 Å². The number of hydrogen-bond donors (Lipinski definition) is 0. The average Bonchev–Trinajstić information content (AvgIpc) is 2.47. The zero-order valence-electron chi connectivity index (χ0n) is 12.0. The zero-order valence-corrected chi connectivity index (χ0v) is 14.3. The van der Waals surface area contributed by atoms with Crippen LogP contribution in [0.25, 0.3) is 0 Å². The van der Waals surface area contributed by atoms with E-state index in [0.29, 0.717) is 15.6 Å². The highest BCUT2D eigenvalue weighted by Crippen LogP contribution is 2.22. The van der Waals surface area contributed by atoms with Crippen molar-refractivity contribution in [2.75, 3.05) is 11.9 Å². The minimum absolute atomic E-state index is 0.303. The monoisotopic (exact) mass is 356 g/mol. The number of aryl methyl sites for hydroxylation is 1. The van der Waals surface area contributed by atoms with Crippen molar-refractivity contribution >= 4 is 42.9 Å². The third kappa shape index (κ3) is 4.00. The number of carbonyl (C=O) groups is 1. The molecule has 22 heavy (non-hydrogen) atoms. The molecule has 0 saturated heterocycles. The number of anilines is 1. The van der Waals surface area contributed by atoms with Gasteiger partial charge in [0.15, 0.2) is 8.94 Å². The van der Waals surface area contributed by atoms with Gasteiger partial charge in [-0.2, -0.15) is 0 Å². The van der Waals surface area contributed by atoms with E-state index < -0.39 is 15.0 Å². The topological polar surface area (TPSA) is 49.7 Å². The first-order valence-corrected chi connectivity index (χ1v) is 9.08. The highest BCUT2D eigenvalue weighted by Gasteiger charge is 2.16. The Morgan fingerprint density at radius 3 is 2.18 bits per heavy atom. The summed E-state index contributed by atoms with van der Waals surface area (Å²) in [6.45, 7) is 1.90. The van der Waals surface area contributed by atoms with Gasteiger partial charge in [-0.3, -0.25) is 4.90 Å². The number of halogens is 2. The van der Waals surface area contributed by atoms with Gasteiger partial charge in [-0.15, -0.1) is 4.36 Å². The van der Waals surface area contributed by atoms with Crippen LogP contribution in [0.5, 0.6) is 0 Å². The maximum Gasteiger partial charge on any atom is 0.357 e. The normalized spacial score (nSPS) is 13.3. The van der Waals surface area contributed by atoms with Gasteiger partial charge in [0.05, 0.1) is 4.90 Å². The molecule has 0 bridgehead atoms. The smallest absolute Gasteiger partial charge is 0.295 e. The van der Waals surface area contributed by atoms with Crippen LogP contribution in [0, 0.1) is 6.92 Å². The molecule has 1 atom stereocenters. The van der Waals surface area contributed by atoms with E-state index in [4.69, 9.17) is 22.3 Å². The molecule has 0 spiro atoms. The quantitative estimate of drug-likeness (QED) is 0.719. The SMILES string of the molecule is Cc1ccc(S(=O)(Cl)=NC(=O)N(C)c2ccc(Cl)cc2)cc1. The number of nitrogens with zero attached hydrogens (tertiary/aromatic N) is 2. The van der Waals surface area contributed by atoms with Crippen LogP contribution in [0.3, 0.4) is 0 Å². The second-order valence-corrected chi connectivity index (χ2v) is 7.94. The van der Waals surface area contributed by atoms with E-state index in [1.165, 1.54) is 11.9 Å². The zero-order chi connectivity index (χ0) is 16.3. The summed E-state index contributed by atoms with van der Waals surface area (Å²) in [6.07, 6.45) is 0. The number of benzene rings is 2. The van der Waals surface area contributed by atoms with Gasteiger partial charge in [-0.25, -0.2) is 9.00 Å². The highest BCUT2D eigenvalue weighted by molar-refractivity contribution is 8.15. The predicted octanol–water partition coefficient (Wildman–Crippen LogP) is 4.89. The molecule has 2 amide bonds. The molecule has 0 aliphatic rings. The van der Waals surface area contributed by atoms with Gasteiger partial charge in [0.1, 0.15) is 0 Å². The van der Waals surface area contributed by atoms with E-state index >= 15 is 0 Å². The van der Waals surface area contributed by atoms with Crippen LogP contribution in [-0.2, 0) is 8.94 Å². The fourth-order valence-electron chi connectivity index (χ4n) is 1.70. The molecule has 116 valence electrons. The van der Waals surface area contributed by atoms with Crippen molar-refractivity contribution in [1.29, 1.82) is 0 Å². The number of urea groups is 1. The molecule has 0 aliphatic carbocycles. The lowest BCUT2D eigenvalue weighted by Crippen LogP contribution is -2.23. The first-order chi connectivity index (χ1) is 10.3. The standard InChI is InChI=1S/C15H14Cl2N2O2S/c1-11-3-9-14(10-4-11)22(17,21)18-15(20)19(2)13-7-5-12(16)6-8-13/h3-10H,1-2H3. The molecule has 0 N–H and O–H groups in total. The molecule has 0 fully saturated rings. The highest BCUT2D eigenvalue weighted by atomic mass is 35.7. The predicted molar refractivity (Wildman–Crippen MR) is 91.1 cm³/mol. The van der Waals surface area contributed by atoms with Crippen LogP contribution >= 0.6 is 22.3 Å². The van der Waals surface area contributed by atoms with E-state index in [0.717, 1.165) is 5.56 Å². The van der Waals surface area contributed by atoms with E-state index in [-0.39, 0.29) is 0 Å². The molecule has 2 rings (SSSR count). The van der Waals surface area contributed by atoms with E-state index in [1.807, 2.05) is 6.92 Å². The third-order valence-electron chi connectivity index (χ3n) is 3.01. The Balaban J connectivity index is 2.30. The number of amides is 2. The number of hydrogen-bond acceptors (Lipinski definition) is 2. The van der Waals surface area contributed by atoms with Gasteiger partial charge in [-0.05, 0) is 43.3 Å². The van der Waals surface area contributed by atoms with Crippen LogP contribution in [0.2, 0.25) is 5.02 Å². The van der Waals surface area contributed by atoms with Gasteiger partial charge in [0.2, 0.25) is 0 Å². The first-order valence-electron chi connectivity index (χ1n) is 6.36. The molecule has 0 radical (unpaired) electrons. The Morgan fingerprint density at radius 2 is 1.64 bits per heavy atom. The molecular weight excluding hydrogens is 343 g/mol. The van der Waals surface area contributed by atoms with Crippen molar-refractivity contribution in [3.8, 4) is 0 Å². The van der Waals surface area contributed by atoms with Crippen molar-refractivity contribution < 1.29 is 9.00 Å². The summed E-state index contributed by atoms with van der Waals surface area (Å²) in [4.78, 5) is 13.7. The first kappa shape index (κ1) is 16.8. The van der Waals surface area contributed by atoms with Crippen molar-refractivity contribution in [3.63, 3.8) is 0 Å². The molecule has 0 saturated carbocycles. The number of rotatable bonds is 2. The van der Waals surface area contributed by atoms with Crippen molar-refractivity contribution in [2.45, 2.75) is 11.8 Å². The van der Waals surface area contributed by atoms with Crippen LogP contribution in [0.4, 0.5) is 10.5 Å². The lowest BCUT2D eigenvalue weighted by molar-refractivity contribution is 0.255. The summed E-state index contributed by atoms with van der Waals surface area (Å²) < 4.78 is 16.1. The maximum absolute atomic E-state index is 12.4. The second kappa shape index (κ2) is 6.69. The van der Waals surface area contributed by atoms with Gasteiger partial charge >= 0.3 is 6.03 Å². The second-order valence-electron chi connectivity index (χ2n) is 4.68. The molecule has 0 aliphatic heterocycles. The Hall–Kier alpha value is -1.56. The Bertz CT molecular complexity index is 795. The Labute approximate surface area is 139 Å². The van der Waals surface area contributed by atoms with Gasteiger partial charge < -0.3 is 0 Å².